The SMILES string of the molecule is CC(C)(C)c1cc(C(C)(C)C)c2c(c1)C(C)(C)C[PH]2=O. The molecule has 0 saturated carbocycles. The fraction of sp³-hybridized carbons (Fsp3) is 0.667. The first-order chi connectivity index (χ1) is 8.84. The second-order valence-corrected chi connectivity index (χ2v) is 10.6. The van der Waals surface area contributed by atoms with Crippen molar-refractivity contribution in [1.82, 2.24) is 0 Å². The molecule has 1 aliphatic heterocycles. The molecule has 0 fully saturated rings. The van der Waals surface area contributed by atoms with E-state index in [0.29, 0.717) is 0 Å². The number of fused-ring (bicyclic) bond motifs is 1. The van der Waals surface area contributed by atoms with Crippen LogP contribution in [0.15, 0.2) is 12.1 Å². The Morgan fingerprint density at radius 3 is 2.00 bits per heavy atom. The summed E-state index contributed by atoms with van der Waals surface area (Å²) in [6.07, 6.45) is 0.823. The Kier molecular flexibility index (Phi) is 3.54. The highest BCUT2D eigenvalue weighted by atomic mass is 31.1. The quantitative estimate of drug-likeness (QED) is 0.630. The van der Waals surface area contributed by atoms with Gasteiger partial charge in [-0.15, -0.1) is 0 Å². The molecule has 1 aromatic rings. The lowest BCUT2D eigenvalue weighted by atomic mass is 9.75. The summed E-state index contributed by atoms with van der Waals surface area (Å²) in [5.74, 6) is 0. The van der Waals surface area contributed by atoms with E-state index in [4.69, 9.17) is 0 Å². The van der Waals surface area contributed by atoms with Crippen LogP contribution in [-0.2, 0) is 20.8 Å². The Labute approximate surface area is 125 Å². The van der Waals surface area contributed by atoms with Gasteiger partial charge in [0, 0.05) is 11.5 Å². The number of benzene rings is 1. The highest BCUT2D eigenvalue weighted by Crippen LogP contribution is 2.47. The molecule has 0 amide bonds. The maximum absolute atomic E-state index is 12.7. The molecule has 20 heavy (non-hydrogen) atoms. The van der Waals surface area contributed by atoms with E-state index in [-0.39, 0.29) is 16.2 Å². The minimum atomic E-state index is -1.64. The van der Waals surface area contributed by atoms with Gasteiger partial charge in [0.2, 0.25) is 0 Å². The van der Waals surface area contributed by atoms with Crippen LogP contribution in [0.5, 0.6) is 0 Å². The van der Waals surface area contributed by atoms with Gasteiger partial charge >= 0.3 is 0 Å². The van der Waals surface area contributed by atoms with Crippen LogP contribution in [0.1, 0.15) is 72.1 Å². The first kappa shape index (κ1) is 15.8. The summed E-state index contributed by atoms with van der Waals surface area (Å²) in [5.41, 5.74) is 4.22. The van der Waals surface area contributed by atoms with E-state index in [1.165, 1.54) is 22.0 Å². The third-order valence-electron chi connectivity index (χ3n) is 4.42. The van der Waals surface area contributed by atoms with Crippen molar-refractivity contribution < 1.29 is 4.57 Å². The minimum Gasteiger partial charge on any atom is -0.322 e. The van der Waals surface area contributed by atoms with E-state index in [0.717, 1.165) is 6.16 Å². The molecule has 0 saturated heterocycles. The molecule has 1 heterocycles. The molecule has 1 aromatic carbocycles. The molecule has 1 aliphatic rings. The normalized spacial score (nSPS) is 21.9. The van der Waals surface area contributed by atoms with Gasteiger partial charge in [0.05, 0.1) is 0 Å². The van der Waals surface area contributed by atoms with E-state index in [1.54, 1.807) is 0 Å². The van der Waals surface area contributed by atoms with Gasteiger partial charge in [0.25, 0.3) is 0 Å². The smallest absolute Gasteiger partial charge is 0.105 e. The van der Waals surface area contributed by atoms with Crippen molar-refractivity contribution in [2.75, 3.05) is 6.16 Å². The van der Waals surface area contributed by atoms with Gasteiger partial charge in [-0.3, -0.25) is 0 Å². The van der Waals surface area contributed by atoms with Gasteiger partial charge in [-0.25, -0.2) is 0 Å². The second-order valence-electron chi connectivity index (χ2n) is 8.93. The number of hydrogen-bond acceptors (Lipinski definition) is 1. The van der Waals surface area contributed by atoms with E-state index < -0.39 is 7.80 Å². The fourth-order valence-electron chi connectivity index (χ4n) is 3.09. The zero-order valence-corrected chi connectivity index (χ0v) is 15.3. The molecule has 1 atom stereocenters. The second kappa shape index (κ2) is 4.47. The summed E-state index contributed by atoms with van der Waals surface area (Å²) in [5, 5.41) is 1.18. The molecule has 1 unspecified atom stereocenters. The van der Waals surface area contributed by atoms with Gasteiger partial charge in [-0.2, -0.15) is 0 Å². The summed E-state index contributed by atoms with van der Waals surface area (Å²) < 4.78 is 12.7. The molecular formula is C18H29OP. The molecule has 0 aliphatic carbocycles. The Balaban J connectivity index is 2.83. The monoisotopic (exact) mass is 292 g/mol. The van der Waals surface area contributed by atoms with E-state index in [2.05, 4.69) is 67.5 Å². The number of hydrogen-bond donors (Lipinski definition) is 0. The Hall–Kier alpha value is -0.550. The lowest BCUT2D eigenvalue weighted by Gasteiger charge is -2.29. The lowest BCUT2D eigenvalue weighted by Crippen LogP contribution is -2.27. The van der Waals surface area contributed by atoms with Crippen LogP contribution in [-0.4, -0.2) is 6.16 Å². The van der Waals surface area contributed by atoms with E-state index in [9.17, 15) is 4.57 Å². The van der Waals surface area contributed by atoms with Crippen LogP contribution < -0.4 is 5.30 Å². The molecule has 0 N–H and O–H groups in total. The number of rotatable bonds is 0. The molecule has 0 spiro atoms. The summed E-state index contributed by atoms with van der Waals surface area (Å²) >= 11 is 0. The maximum Gasteiger partial charge on any atom is 0.105 e. The highest BCUT2D eigenvalue weighted by molar-refractivity contribution is 7.54. The predicted molar refractivity (Wildman–Crippen MR) is 90.4 cm³/mol. The van der Waals surface area contributed by atoms with Crippen LogP contribution in [0.25, 0.3) is 0 Å². The maximum atomic E-state index is 12.7. The summed E-state index contributed by atoms with van der Waals surface area (Å²) in [4.78, 5) is 0. The van der Waals surface area contributed by atoms with Crippen molar-refractivity contribution in [1.29, 1.82) is 0 Å². The van der Waals surface area contributed by atoms with Gasteiger partial charge < -0.3 is 4.57 Å². The Morgan fingerprint density at radius 2 is 1.55 bits per heavy atom. The summed E-state index contributed by atoms with van der Waals surface area (Å²) in [6.45, 7) is 17.9. The first-order valence-corrected chi connectivity index (χ1v) is 9.18. The van der Waals surface area contributed by atoms with Gasteiger partial charge in [0.1, 0.15) is 7.80 Å². The van der Waals surface area contributed by atoms with Gasteiger partial charge in [0.15, 0.2) is 0 Å². The molecule has 0 aromatic heterocycles. The average molecular weight is 292 g/mol. The van der Waals surface area contributed by atoms with Crippen LogP contribution in [0, 0.1) is 0 Å². The molecule has 2 heteroatoms. The molecule has 112 valence electrons. The summed E-state index contributed by atoms with van der Waals surface area (Å²) in [6, 6.07) is 4.63. The van der Waals surface area contributed by atoms with E-state index >= 15 is 0 Å². The first-order valence-electron chi connectivity index (χ1n) is 7.57. The predicted octanol–water partition coefficient (Wildman–Crippen LogP) is 4.76. The molecule has 0 bridgehead atoms. The molecule has 0 radical (unpaired) electrons. The third kappa shape index (κ3) is 2.62. The molecular weight excluding hydrogens is 263 g/mol. The summed E-state index contributed by atoms with van der Waals surface area (Å²) in [7, 11) is -1.64. The topological polar surface area (TPSA) is 17.1 Å². The van der Waals surface area contributed by atoms with Gasteiger partial charge in [-0.05, 0) is 32.9 Å². The molecule has 2 rings (SSSR count). The van der Waals surface area contributed by atoms with Crippen molar-refractivity contribution in [2.24, 2.45) is 0 Å². The van der Waals surface area contributed by atoms with Crippen molar-refractivity contribution in [3.8, 4) is 0 Å². The van der Waals surface area contributed by atoms with E-state index in [1.807, 2.05) is 0 Å². The Bertz CT molecular complexity index is 568. The van der Waals surface area contributed by atoms with Crippen molar-refractivity contribution >= 4 is 13.1 Å². The van der Waals surface area contributed by atoms with Crippen LogP contribution in [0.4, 0.5) is 0 Å². The standard InChI is InChI=1S/C18H29OP/c1-16(2,3)12-9-13(17(4,5)6)15-14(10-12)18(7,8)11-20(15)19/h9-10,20H,11H2,1-8H3. The third-order valence-corrected chi connectivity index (χ3v) is 6.72. The zero-order valence-electron chi connectivity index (χ0n) is 14.3. The fourth-order valence-corrected chi connectivity index (χ4v) is 5.71. The lowest BCUT2D eigenvalue weighted by molar-refractivity contribution is 0.559. The van der Waals surface area contributed by atoms with Crippen LogP contribution >= 0.6 is 7.80 Å². The zero-order chi connectivity index (χ0) is 15.5. The van der Waals surface area contributed by atoms with Crippen LogP contribution in [0.3, 0.4) is 0 Å². The van der Waals surface area contributed by atoms with Crippen molar-refractivity contribution in [3.63, 3.8) is 0 Å². The molecule has 1 nitrogen and oxygen atoms in total. The minimum absolute atomic E-state index is 0.0477. The van der Waals surface area contributed by atoms with Gasteiger partial charge in [-0.1, -0.05) is 67.5 Å². The largest absolute Gasteiger partial charge is 0.322 e. The highest BCUT2D eigenvalue weighted by Gasteiger charge is 2.39. The average Bonchev–Trinajstić information content (AvgIpc) is 2.46. The van der Waals surface area contributed by atoms with Crippen molar-refractivity contribution in [3.05, 3.63) is 28.8 Å². The Morgan fingerprint density at radius 1 is 1.00 bits per heavy atom. The van der Waals surface area contributed by atoms with Crippen molar-refractivity contribution in [2.45, 2.75) is 71.6 Å². The van der Waals surface area contributed by atoms with Crippen LogP contribution in [0.2, 0.25) is 0 Å².